The van der Waals surface area contributed by atoms with Crippen molar-refractivity contribution in [2.45, 2.75) is 11.8 Å². The van der Waals surface area contributed by atoms with E-state index in [0.717, 1.165) is 4.31 Å². The summed E-state index contributed by atoms with van der Waals surface area (Å²) in [6, 6.07) is 11.8. The van der Waals surface area contributed by atoms with Gasteiger partial charge in [-0.3, -0.25) is 19.3 Å². The summed E-state index contributed by atoms with van der Waals surface area (Å²) in [5, 5.41) is 2.71. The number of nitrogens with two attached hydrogens (primary N) is 1. The summed E-state index contributed by atoms with van der Waals surface area (Å²) in [5.41, 5.74) is 2.49. The standard InChI is InChI=1S/C16H17ClN4O4S/c1-11(22)19-12-6-8-13(9-7-12)26(24,25)21(10-16(23)20-18)15-5-3-2-4-14(15)17/h2-9H,10,18H2,1H3,(H,19,22)(H,20,23). The fourth-order valence-corrected chi connectivity index (χ4v) is 3.90. The van der Waals surface area contributed by atoms with Gasteiger partial charge in [-0.1, -0.05) is 23.7 Å². The van der Waals surface area contributed by atoms with Gasteiger partial charge in [-0.15, -0.1) is 0 Å². The summed E-state index contributed by atoms with van der Waals surface area (Å²) in [6.45, 7) is 0.797. The molecule has 0 spiro atoms. The van der Waals surface area contributed by atoms with Crippen molar-refractivity contribution >= 4 is 44.8 Å². The van der Waals surface area contributed by atoms with Gasteiger partial charge in [0.1, 0.15) is 6.54 Å². The SMILES string of the molecule is CC(=O)Nc1ccc(S(=O)(=O)N(CC(=O)NN)c2ccccc2Cl)cc1. The van der Waals surface area contributed by atoms with Crippen molar-refractivity contribution in [2.24, 2.45) is 5.84 Å². The minimum atomic E-state index is -4.11. The molecule has 0 saturated heterocycles. The molecule has 0 fully saturated rings. The van der Waals surface area contributed by atoms with Gasteiger partial charge in [0.05, 0.1) is 15.6 Å². The highest BCUT2D eigenvalue weighted by atomic mass is 35.5. The maximum absolute atomic E-state index is 13.0. The van der Waals surface area contributed by atoms with Gasteiger partial charge in [0.25, 0.3) is 15.9 Å². The Labute approximate surface area is 156 Å². The van der Waals surface area contributed by atoms with Crippen LogP contribution in [-0.4, -0.2) is 26.8 Å². The molecule has 0 unspecified atom stereocenters. The summed E-state index contributed by atoms with van der Waals surface area (Å²) in [7, 11) is -4.11. The fourth-order valence-electron chi connectivity index (χ4n) is 2.17. The molecule has 4 N–H and O–H groups in total. The zero-order chi connectivity index (χ0) is 19.3. The van der Waals surface area contributed by atoms with Crippen LogP contribution >= 0.6 is 11.6 Å². The number of nitrogens with one attached hydrogen (secondary N) is 2. The van der Waals surface area contributed by atoms with Crippen molar-refractivity contribution in [3.05, 3.63) is 53.6 Å². The molecule has 26 heavy (non-hydrogen) atoms. The average molecular weight is 397 g/mol. The number of hydrazine groups is 1. The number of hydrogen-bond donors (Lipinski definition) is 3. The van der Waals surface area contributed by atoms with Crippen LogP contribution in [0.3, 0.4) is 0 Å². The first kappa shape index (κ1) is 19.7. The van der Waals surface area contributed by atoms with Gasteiger partial charge in [-0.25, -0.2) is 14.3 Å². The van der Waals surface area contributed by atoms with Crippen LogP contribution in [0.4, 0.5) is 11.4 Å². The van der Waals surface area contributed by atoms with E-state index < -0.39 is 22.5 Å². The third kappa shape index (κ3) is 4.51. The molecular weight excluding hydrogens is 380 g/mol. The van der Waals surface area contributed by atoms with Crippen LogP contribution in [0.2, 0.25) is 5.02 Å². The van der Waals surface area contributed by atoms with E-state index in [4.69, 9.17) is 17.4 Å². The first-order valence-corrected chi connectivity index (χ1v) is 9.22. The molecule has 0 saturated carbocycles. The largest absolute Gasteiger partial charge is 0.326 e. The number of carbonyl (C=O) groups excluding carboxylic acids is 2. The maximum Gasteiger partial charge on any atom is 0.264 e. The van der Waals surface area contributed by atoms with Crippen molar-refractivity contribution in [3.63, 3.8) is 0 Å². The lowest BCUT2D eigenvalue weighted by Gasteiger charge is -2.24. The zero-order valence-electron chi connectivity index (χ0n) is 13.8. The third-order valence-electron chi connectivity index (χ3n) is 3.33. The number of hydrogen-bond acceptors (Lipinski definition) is 5. The second kappa shape index (κ2) is 8.17. The van der Waals surface area contributed by atoms with Gasteiger partial charge in [-0.05, 0) is 36.4 Å². The van der Waals surface area contributed by atoms with Crippen LogP contribution in [-0.2, 0) is 19.6 Å². The Morgan fingerprint density at radius 1 is 1.12 bits per heavy atom. The number of benzene rings is 2. The van der Waals surface area contributed by atoms with Crippen molar-refractivity contribution < 1.29 is 18.0 Å². The van der Waals surface area contributed by atoms with Crippen molar-refractivity contribution in [1.82, 2.24) is 5.43 Å². The van der Waals surface area contributed by atoms with Crippen molar-refractivity contribution in [3.8, 4) is 0 Å². The van der Waals surface area contributed by atoms with E-state index in [2.05, 4.69) is 5.32 Å². The molecule has 2 rings (SSSR count). The molecule has 138 valence electrons. The third-order valence-corrected chi connectivity index (χ3v) is 5.43. The molecule has 0 radical (unpaired) electrons. The molecule has 0 atom stereocenters. The molecule has 8 nitrogen and oxygen atoms in total. The number of nitrogens with zero attached hydrogens (tertiary/aromatic N) is 1. The minimum Gasteiger partial charge on any atom is -0.326 e. The first-order valence-electron chi connectivity index (χ1n) is 7.40. The summed E-state index contributed by atoms with van der Waals surface area (Å²) in [6.07, 6.45) is 0. The second-order valence-corrected chi connectivity index (χ2v) is 7.51. The quantitative estimate of drug-likeness (QED) is 0.388. The summed E-state index contributed by atoms with van der Waals surface area (Å²) in [4.78, 5) is 22.7. The van der Waals surface area contributed by atoms with Gasteiger partial charge in [-0.2, -0.15) is 0 Å². The molecule has 0 heterocycles. The van der Waals surface area contributed by atoms with E-state index in [-0.39, 0.29) is 21.5 Å². The fraction of sp³-hybridized carbons (Fsp3) is 0.125. The highest BCUT2D eigenvalue weighted by molar-refractivity contribution is 7.92. The van der Waals surface area contributed by atoms with Crippen LogP contribution in [0.5, 0.6) is 0 Å². The molecule has 0 aliphatic heterocycles. The molecule has 0 bridgehead atoms. The Hall–Kier alpha value is -2.62. The van der Waals surface area contributed by atoms with E-state index >= 15 is 0 Å². The van der Waals surface area contributed by atoms with Crippen LogP contribution in [0.1, 0.15) is 6.92 Å². The molecule has 0 aromatic heterocycles. The summed E-state index contributed by atoms with van der Waals surface area (Å²) < 4.78 is 26.9. The monoisotopic (exact) mass is 396 g/mol. The lowest BCUT2D eigenvalue weighted by Crippen LogP contribution is -2.43. The predicted molar refractivity (Wildman–Crippen MR) is 99.1 cm³/mol. The number of amides is 2. The van der Waals surface area contributed by atoms with Crippen molar-refractivity contribution in [2.75, 3.05) is 16.2 Å². The van der Waals surface area contributed by atoms with Crippen LogP contribution < -0.4 is 20.9 Å². The molecule has 0 aliphatic rings. The van der Waals surface area contributed by atoms with Gasteiger partial charge in [0.15, 0.2) is 0 Å². The first-order chi connectivity index (χ1) is 12.3. The Bertz CT molecular complexity index is 916. The van der Waals surface area contributed by atoms with E-state index in [1.165, 1.54) is 43.3 Å². The molecule has 0 aliphatic carbocycles. The van der Waals surface area contributed by atoms with E-state index in [0.29, 0.717) is 5.69 Å². The number of anilines is 2. The van der Waals surface area contributed by atoms with Gasteiger partial charge >= 0.3 is 0 Å². The Balaban J connectivity index is 2.47. The van der Waals surface area contributed by atoms with Gasteiger partial charge in [0.2, 0.25) is 5.91 Å². The average Bonchev–Trinajstić information content (AvgIpc) is 2.60. The lowest BCUT2D eigenvalue weighted by molar-refractivity contribution is -0.119. The van der Waals surface area contributed by atoms with Crippen LogP contribution in [0.15, 0.2) is 53.4 Å². The topological polar surface area (TPSA) is 122 Å². The van der Waals surface area contributed by atoms with Crippen LogP contribution in [0, 0.1) is 0 Å². The Kier molecular flexibility index (Phi) is 6.19. The number of para-hydroxylation sites is 1. The minimum absolute atomic E-state index is 0.0728. The predicted octanol–water partition coefficient (Wildman–Crippen LogP) is 1.48. The zero-order valence-corrected chi connectivity index (χ0v) is 15.3. The van der Waals surface area contributed by atoms with E-state index in [1.54, 1.807) is 12.1 Å². The summed E-state index contributed by atoms with van der Waals surface area (Å²) >= 11 is 6.11. The van der Waals surface area contributed by atoms with Gasteiger partial charge in [0, 0.05) is 12.6 Å². The Morgan fingerprint density at radius 3 is 2.27 bits per heavy atom. The van der Waals surface area contributed by atoms with E-state index in [1.807, 2.05) is 5.43 Å². The number of halogens is 1. The van der Waals surface area contributed by atoms with Gasteiger partial charge < -0.3 is 5.32 Å². The molecule has 2 aromatic carbocycles. The molecule has 10 heteroatoms. The number of rotatable bonds is 6. The van der Waals surface area contributed by atoms with Crippen LogP contribution in [0.25, 0.3) is 0 Å². The number of carbonyl (C=O) groups is 2. The lowest BCUT2D eigenvalue weighted by atomic mass is 10.3. The second-order valence-electron chi connectivity index (χ2n) is 5.24. The Morgan fingerprint density at radius 2 is 1.73 bits per heavy atom. The molecule has 2 amide bonds. The smallest absolute Gasteiger partial charge is 0.264 e. The maximum atomic E-state index is 13.0. The van der Waals surface area contributed by atoms with Crippen molar-refractivity contribution in [1.29, 1.82) is 0 Å². The normalized spacial score (nSPS) is 10.9. The van der Waals surface area contributed by atoms with E-state index in [9.17, 15) is 18.0 Å². The highest BCUT2D eigenvalue weighted by Gasteiger charge is 2.28. The highest BCUT2D eigenvalue weighted by Crippen LogP contribution is 2.30. The number of sulfonamides is 1. The summed E-state index contributed by atoms with van der Waals surface area (Å²) in [5.74, 6) is 4.11. The molecule has 2 aromatic rings. The molecular formula is C16H17ClN4O4S.